The highest BCUT2D eigenvalue weighted by Crippen LogP contribution is 2.17. The second-order valence-corrected chi connectivity index (χ2v) is 5.73. The minimum Gasteiger partial charge on any atom is -0.395 e. The molecule has 0 aliphatic rings. The summed E-state index contributed by atoms with van der Waals surface area (Å²) in [6.07, 6.45) is 0.736. The standard InChI is InChI=1S/C13H16FNO3S/c1-2-9-19(17,18)15-13-7-6-12(14)10-11(13)5-3-4-8-16/h6-7,10,15-16H,2,4,8-9H2,1H3. The Kier molecular flexibility index (Phi) is 5.80. The maximum Gasteiger partial charge on any atom is 0.232 e. The van der Waals surface area contributed by atoms with Gasteiger partial charge >= 0.3 is 0 Å². The van der Waals surface area contributed by atoms with E-state index in [0.29, 0.717) is 6.42 Å². The van der Waals surface area contributed by atoms with Crippen molar-refractivity contribution in [2.24, 2.45) is 0 Å². The van der Waals surface area contributed by atoms with Gasteiger partial charge in [-0.2, -0.15) is 0 Å². The van der Waals surface area contributed by atoms with E-state index < -0.39 is 15.8 Å². The molecule has 0 spiro atoms. The fourth-order valence-electron chi connectivity index (χ4n) is 1.41. The highest BCUT2D eigenvalue weighted by Gasteiger charge is 2.11. The normalized spacial score (nSPS) is 10.7. The Labute approximate surface area is 112 Å². The fourth-order valence-corrected chi connectivity index (χ4v) is 2.56. The highest BCUT2D eigenvalue weighted by atomic mass is 32.2. The van der Waals surface area contributed by atoms with E-state index in [4.69, 9.17) is 5.11 Å². The molecule has 0 saturated heterocycles. The largest absolute Gasteiger partial charge is 0.395 e. The minimum atomic E-state index is -3.44. The van der Waals surface area contributed by atoms with Gasteiger partial charge in [0.25, 0.3) is 0 Å². The average molecular weight is 285 g/mol. The third kappa shape index (κ3) is 5.28. The van der Waals surface area contributed by atoms with Crippen LogP contribution in [0.1, 0.15) is 25.3 Å². The predicted octanol–water partition coefficient (Wildman–Crippen LogP) is 1.71. The van der Waals surface area contributed by atoms with Crippen LogP contribution >= 0.6 is 0 Å². The first-order chi connectivity index (χ1) is 8.98. The van der Waals surface area contributed by atoms with Crippen molar-refractivity contribution < 1.29 is 17.9 Å². The summed E-state index contributed by atoms with van der Waals surface area (Å²) in [6.45, 7) is 1.66. The summed E-state index contributed by atoms with van der Waals surface area (Å²) < 4.78 is 38.9. The molecule has 4 nitrogen and oxygen atoms in total. The zero-order chi connectivity index (χ0) is 14.3. The van der Waals surface area contributed by atoms with Crippen molar-refractivity contribution in [1.82, 2.24) is 0 Å². The number of aliphatic hydroxyl groups excluding tert-OH is 1. The Morgan fingerprint density at radius 3 is 2.79 bits per heavy atom. The topological polar surface area (TPSA) is 66.4 Å². The van der Waals surface area contributed by atoms with Gasteiger partial charge in [-0.25, -0.2) is 12.8 Å². The quantitative estimate of drug-likeness (QED) is 0.809. The van der Waals surface area contributed by atoms with Crippen LogP contribution in [0.15, 0.2) is 18.2 Å². The summed E-state index contributed by atoms with van der Waals surface area (Å²) in [5.41, 5.74) is 0.508. The summed E-state index contributed by atoms with van der Waals surface area (Å²) in [6, 6.07) is 3.67. The van der Waals surface area contributed by atoms with Crippen molar-refractivity contribution in [3.63, 3.8) is 0 Å². The van der Waals surface area contributed by atoms with E-state index in [1.807, 2.05) is 0 Å². The van der Waals surface area contributed by atoms with Crippen LogP contribution in [0.2, 0.25) is 0 Å². The number of hydrogen-bond donors (Lipinski definition) is 2. The molecule has 104 valence electrons. The molecule has 0 unspecified atom stereocenters. The smallest absolute Gasteiger partial charge is 0.232 e. The first-order valence-corrected chi connectivity index (χ1v) is 7.53. The first-order valence-electron chi connectivity index (χ1n) is 5.88. The van der Waals surface area contributed by atoms with E-state index in [0.717, 1.165) is 6.07 Å². The molecule has 0 aromatic heterocycles. The molecule has 6 heteroatoms. The van der Waals surface area contributed by atoms with E-state index in [9.17, 15) is 12.8 Å². The van der Waals surface area contributed by atoms with Gasteiger partial charge in [-0.15, -0.1) is 0 Å². The Morgan fingerprint density at radius 2 is 2.16 bits per heavy atom. The van der Waals surface area contributed by atoms with Gasteiger partial charge in [0.2, 0.25) is 10.0 Å². The molecule has 19 heavy (non-hydrogen) atoms. The van der Waals surface area contributed by atoms with Crippen LogP contribution in [0.25, 0.3) is 0 Å². The molecule has 0 aliphatic heterocycles. The van der Waals surface area contributed by atoms with Crippen molar-refractivity contribution in [3.05, 3.63) is 29.6 Å². The maximum atomic E-state index is 13.1. The molecule has 0 fully saturated rings. The summed E-state index contributed by atoms with van der Waals surface area (Å²) in [5, 5.41) is 8.64. The number of benzene rings is 1. The third-order valence-corrected chi connectivity index (χ3v) is 3.66. The second kappa shape index (κ2) is 7.12. The van der Waals surface area contributed by atoms with Crippen LogP contribution in [-0.2, 0) is 10.0 Å². The predicted molar refractivity (Wildman–Crippen MR) is 72.7 cm³/mol. The Hall–Kier alpha value is -1.58. The number of halogens is 1. The van der Waals surface area contributed by atoms with Crippen LogP contribution in [0.4, 0.5) is 10.1 Å². The zero-order valence-electron chi connectivity index (χ0n) is 10.6. The SMILES string of the molecule is CCCS(=O)(=O)Nc1ccc(F)cc1C#CCCO. The number of anilines is 1. The fraction of sp³-hybridized carbons (Fsp3) is 0.385. The first kappa shape index (κ1) is 15.5. The number of sulfonamides is 1. The number of rotatable bonds is 5. The lowest BCUT2D eigenvalue weighted by atomic mass is 10.2. The Bertz CT molecular complexity index is 588. The summed E-state index contributed by atoms with van der Waals surface area (Å²) in [7, 11) is -3.44. The molecule has 2 N–H and O–H groups in total. The monoisotopic (exact) mass is 285 g/mol. The summed E-state index contributed by atoms with van der Waals surface area (Å²) >= 11 is 0. The molecular weight excluding hydrogens is 269 g/mol. The molecule has 0 bridgehead atoms. The maximum absolute atomic E-state index is 13.1. The van der Waals surface area contributed by atoms with Gasteiger partial charge in [0.1, 0.15) is 5.82 Å². The van der Waals surface area contributed by atoms with E-state index in [1.54, 1.807) is 6.92 Å². The molecule has 0 amide bonds. The van der Waals surface area contributed by atoms with Crippen molar-refractivity contribution in [1.29, 1.82) is 0 Å². The van der Waals surface area contributed by atoms with Crippen LogP contribution < -0.4 is 4.72 Å². The van der Waals surface area contributed by atoms with Crippen molar-refractivity contribution in [3.8, 4) is 11.8 Å². The van der Waals surface area contributed by atoms with Gasteiger partial charge in [0.05, 0.1) is 23.6 Å². The lowest BCUT2D eigenvalue weighted by molar-refractivity contribution is 0.305. The lowest BCUT2D eigenvalue weighted by Gasteiger charge is -2.09. The number of aliphatic hydroxyl groups is 1. The van der Waals surface area contributed by atoms with E-state index in [-0.39, 0.29) is 30.0 Å². The van der Waals surface area contributed by atoms with Gasteiger partial charge in [-0.05, 0) is 24.6 Å². The average Bonchev–Trinajstić information content (AvgIpc) is 2.32. The molecule has 0 saturated carbocycles. The second-order valence-electron chi connectivity index (χ2n) is 3.89. The third-order valence-electron chi connectivity index (χ3n) is 2.18. The van der Waals surface area contributed by atoms with Crippen molar-refractivity contribution in [2.75, 3.05) is 17.1 Å². The van der Waals surface area contributed by atoms with Gasteiger partial charge < -0.3 is 5.11 Å². The van der Waals surface area contributed by atoms with E-state index in [1.165, 1.54) is 12.1 Å². The van der Waals surface area contributed by atoms with Crippen LogP contribution in [-0.4, -0.2) is 25.9 Å². The van der Waals surface area contributed by atoms with Gasteiger partial charge in [-0.1, -0.05) is 18.8 Å². The van der Waals surface area contributed by atoms with Crippen LogP contribution in [0.3, 0.4) is 0 Å². The summed E-state index contributed by atoms with van der Waals surface area (Å²) in [4.78, 5) is 0. The van der Waals surface area contributed by atoms with Crippen LogP contribution in [0.5, 0.6) is 0 Å². The molecule has 0 heterocycles. The van der Waals surface area contributed by atoms with Gasteiger partial charge in [0, 0.05) is 6.42 Å². The molecule has 0 aliphatic carbocycles. The Balaban J connectivity index is 3.04. The number of nitrogens with one attached hydrogen (secondary N) is 1. The molecule has 1 aromatic rings. The van der Waals surface area contributed by atoms with Gasteiger partial charge in [0.15, 0.2) is 0 Å². The minimum absolute atomic E-state index is 0.00607. The lowest BCUT2D eigenvalue weighted by Crippen LogP contribution is -2.16. The van der Waals surface area contributed by atoms with Gasteiger partial charge in [-0.3, -0.25) is 4.72 Å². The highest BCUT2D eigenvalue weighted by molar-refractivity contribution is 7.92. The number of hydrogen-bond acceptors (Lipinski definition) is 3. The van der Waals surface area contributed by atoms with Crippen molar-refractivity contribution >= 4 is 15.7 Å². The molecule has 0 radical (unpaired) electrons. The summed E-state index contributed by atoms with van der Waals surface area (Å²) in [5.74, 6) is 4.78. The molecule has 0 atom stereocenters. The van der Waals surface area contributed by atoms with E-state index >= 15 is 0 Å². The Morgan fingerprint density at radius 1 is 1.42 bits per heavy atom. The van der Waals surface area contributed by atoms with Crippen molar-refractivity contribution in [2.45, 2.75) is 19.8 Å². The zero-order valence-corrected chi connectivity index (χ0v) is 11.4. The van der Waals surface area contributed by atoms with E-state index in [2.05, 4.69) is 16.6 Å². The molecule has 1 aromatic carbocycles. The molecular formula is C13H16FNO3S. The molecule has 1 rings (SSSR count). The van der Waals surface area contributed by atoms with Crippen LogP contribution in [0, 0.1) is 17.7 Å².